The summed E-state index contributed by atoms with van der Waals surface area (Å²) in [6, 6.07) is 8.53. The van der Waals surface area contributed by atoms with Crippen molar-refractivity contribution in [1.29, 1.82) is 5.26 Å². The number of nitrogens with one attached hydrogen (secondary N) is 1. The topological polar surface area (TPSA) is 112 Å². The molecule has 9 heteroatoms. The van der Waals surface area contributed by atoms with E-state index in [0.717, 1.165) is 0 Å². The molecule has 0 amide bonds. The maximum Gasteiger partial charge on any atom is 0.258 e. The molecule has 0 aliphatic rings. The van der Waals surface area contributed by atoms with Crippen LogP contribution >= 0.6 is 23.4 Å². The van der Waals surface area contributed by atoms with Crippen LogP contribution < -0.4 is 5.56 Å². The molecule has 0 saturated carbocycles. The minimum absolute atomic E-state index is 0.0335. The highest BCUT2D eigenvalue weighted by Crippen LogP contribution is 2.23. The smallest absolute Gasteiger partial charge is 0.258 e. The number of rotatable bonds is 4. The second-order valence-corrected chi connectivity index (χ2v) is 6.13. The van der Waals surface area contributed by atoms with Gasteiger partial charge in [-0.2, -0.15) is 5.26 Å². The summed E-state index contributed by atoms with van der Waals surface area (Å²) in [4.78, 5) is 39.7. The van der Waals surface area contributed by atoms with Gasteiger partial charge >= 0.3 is 0 Å². The van der Waals surface area contributed by atoms with Gasteiger partial charge in [0.1, 0.15) is 11.5 Å². The molecule has 25 heavy (non-hydrogen) atoms. The Morgan fingerprint density at radius 3 is 2.84 bits per heavy atom. The number of thioether (sulfide) groups is 1. The number of aromatic amines is 1. The Hall–Kier alpha value is -2.76. The van der Waals surface area contributed by atoms with Gasteiger partial charge in [0.05, 0.1) is 28.2 Å². The molecule has 2 heterocycles. The predicted octanol–water partition coefficient (Wildman–Crippen LogP) is 2.58. The second kappa shape index (κ2) is 7.01. The first-order valence-corrected chi connectivity index (χ1v) is 8.64. The fraction of sp³-hybridized carbons (Fsp3) is 0.125. The van der Waals surface area contributed by atoms with Gasteiger partial charge < -0.3 is 4.98 Å². The van der Waals surface area contributed by atoms with Crippen molar-refractivity contribution >= 4 is 40.0 Å². The number of nitrogens with zero attached hydrogens (tertiary/aromatic N) is 4. The number of carbonyl (C=O) groups is 1. The van der Waals surface area contributed by atoms with Gasteiger partial charge in [-0.25, -0.2) is 15.0 Å². The highest BCUT2D eigenvalue weighted by molar-refractivity contribution is 7.98. The molecule has 1 aromatic carbocycles. The van der Waals surface area contributed by atoms with Crippen molar-refractivity contribution < 1.29 is 4.79 Å². The van der Waals surface area contributed by atoms with Gasteiger partial charge in [-0.1, -0.05) is 35.5 Å². The molecular weight excluding hydrogens is 362 g/mol. The Bertz CT molecular complexity index is 1080. The molecule has 7 nitrogen and oxygen atoms in total. The van der Waals surface area contributed by atoms with E-state index in [1.807, 2.05) is 6.07 Å². The van der Waals surface area contributed by atoms with Crippen molar-refractivity contribution in [2.75, 3.05) is 6.26 Å². The number of Topliss-reactive ketones (excluding diaryl/α,β-unsaturated/α-hetero) is 1. The minimum Gasteiger partial charge on any atom is -0.308 e. The van der Waals surface area contributed by atoms with E-state index in [2.05, 4.69) is 19.9 Å². The first-order valence-electron chi connectivity index (χ1n) is 7.04. The largest absolute Gasteiger partial charge is 0.308 e. The van der Waals surface area contributed by atoms with Crippen LogP contribution in [-0.2, 0) is 0 Å². The van der Waals surface area contributed by atoms with Crippen molar-refractivity contribution in [2.45, 2.75) is 11.1 Å². The number of hydrogen-bond donors (Lipinski definition) is 1. The highest BCUT2D eigenvalue weighted by Gasteiger charge is 2.28. The molecule has 0 aliphatic heterocycles. The molecule has 1 unspecified atom stereocenters. The fourth-order valence-electron chi connectivity index (χ4n) is 2.24. The number of ketones is 1. The van der Waals surface area contributed by atoms with Crippen LogP contribution in [-0.4, -0.2) is 32.0 Å². The quantitative estimate of drug-likeness (QED) is 0.426. The van der Waals surface area contributed by atoms with Crippen LogP contribution in [0.1, 0.15) is 22.2 Å². The lowest BCUT2D eigenvalue weighted by molar-refractivity contribution is 0.0970. The third-order valence-corrected chi connectivity index (χ3v) is 4.27. The van der Waals surface area contributed by atoms with E-state index in [1.165, 1.54) is 18.0 Å². The van der Waals surface area contributed by atoms with E-state index in [1.54, 1.807) is 30.5 Å². The lowest BCUT2D eigenvalue weighted by Crippen LogP contribution is -2.21. The maximum absolute atomic E-state index is 12.7. The molecule has 0 aliphatic carbocycles. The summed E-state index contributed by atoms with van der Waals surface area (Å²) in [5.41, 5.74) is -0.108. The Balaban J connectivity index is 2.11. The van der Waals surface area contributed by atoms with Gasteiger partial charge in [-0.15, -0.1) is 0 Å². The van der Waals surface area contributed by atoms with Crippen LogP contribution in [0.25, 0.3) is 10.9 Å². The minimum atomic E-state index is -1.33. The Labute approximate surface area is 151 Å². The first-order chi connectivity index (χ1) is 12.0. The zero-order valence-electron chi connectivity index (χ0n) is 12.9. The van der Waals surface area contributed by atoms with Gasteiger partial charge in [-0.3, -0.25) is 9.59 Å². The highest BCUT2D eigenvalue weighted by atomic mass is 35.5. The molecule has 0 saturated heterocycles. The van der Waals surface area contributed by atoms with Crippen molar-refractivity contribution in [3.05, 3.63) is 57.4 Å². The molecule has 3 aromatic rings. The van der Waals surface area contributed by atoms with E-state index in [9.17, 15) is 14.9 Å². The van der Waals surface area contributed by atoms with Crippen LogP contribution in [0.4, 0.5) is 0 Å². The van der Waals surface area contributed by atoms with Crippen molar-refractivity contribution in [1.82, 2.24) is 19.9 Å². The number of carbonyl (C=O) groups excluding carboxylic acids is 1. The number of nitriles is 1. The number of para-hydroxylation sites is 1. The normalized spacial score (nSPS) is 11.9. The maximum atomic E-state index is 12.7. The molecule has 124 valence electrons. The van der Waals surface area contributed by atoms with Crippen molar-refractivity contribution in [3.63, 3.8) is 0 Å². The molecule has 1 atom stereocenters. The molecule has 2 aromatic heterocycles. The summed E-state index contributed by atoms with van der Waals surface area (Å²) in [7, 11) is 0. The van der Waals surface area contributed by atoms with Gasteiger partial charge in [0.15, 0.2) is 11.1 Å². The van der Waals surface area contributed by atoms with E-state index < -0.39 is 17.3 Å². The summed E-state index contributed by atoms with van der Waals surface area (Å²) in [5, 5.41) is 10.2. The third kappa shape index (κ3) is 3.24. The van der Waals surface area contributed by atoms with Gasteiger partial charge in [0, 0.05) is 0 Å². The van der Waals surface area contributed by atoms with Gasteiger partial charge in [0.2, 0.25) is 5.78 Å². The van der Waals surface area contributed by atoms with E-state index in [4.69, 9.17) is 11.6 Å². The molecule has 0 radical (unpaired) electrons. The molecule has 0 fully saturated rings. The fourth-order valence-corrected chi connectivity index (χ4v) is 2.77. The van der Waals surface area contributed by atoms with E-state index in [0.29, 0.717) is 16.1 Å². The summed E-state index contributed by atoms with van der Waals surface area (Å²) in [5.74, 6) is -2.03. The van der Waals surface area contributed by atoms with Crippen LogP contribution in [0.3, 0.4) is 0 Å². The van der Waals surface area contributed by atoms with Gasteiger partial charge in [-0.05, 0) is 18.4 Å². The Morgan fingerprint density at radius 2 is 2.12 bits per heavy atom. The first kappa shape index (κ1) is 17.1. The average Bonchev–Trinajstić information content (AvgIpc) is 2.62. The van der Waals surface area contributed by atoms with E-state index >= 15 is 0 Å². The molecule has 3 rings (SSSR count). The number of fused-ring (bicyclic) bond motifs is 1. The summed E-state index contributed by atoms with van der Waals surface area (Å²) in [6.45, 7) is 0. The second-order valence-electron chi connectivity index (χ2n) is 4.95. The number of hydrogen-bond acceptors (Lipinski definition) is 7. The summed E-state index contributed by atoms with van der Waals surface area (Å²) in [6.07, 6.45) is 3.06. The number of benzene rings is 1. The van der Waals surface area contributed by atoms with Crippen molar-refractivity contribution in [2.24, 2.45) is 0 Å². The lowest BCUT2D eigenvalue weighted by atomic mass is 10.0. The molecule has 0 bridgehead atoms. The number of halogens is 1. The number of H-pyrrole nitrogens is 1. The predicted molar refractivity (Wildman–Crippen MR) is 93.9 cm³/mol. The van der Waals surface area contributed by atoms with Crippen LogP contribution in [0.2, 0.25) is 5.02 Å². The number of aromatic nitrogens is 4. The standard InChI is InChI=1S/C16H10ClN5O2S/c1-25-16-19-7-10(17)12(21-16)13(23)9(6-18)14-20-11-5-3-2-4-8(11)15(24)22-14/h2-5,7,9H,1H3,(H,20,22,24). The van der Waals surface area contributed by atoms with Gasteiger partial charge in [0.25, 0.3) is 5.56 Å². The van der Waals surface area contributed by atoms with Crippen molar-refractivity contribution in [3.8, 4) is 6.07 Å². The molecular formula is C16H10ClN5O2S. The van der Waals surface area contributed by atoms with Crippen LogP contribution in [0.5, 0.6) is 0 Å². The lowest BCUT2D eigenvalue weighted by Gasteiger charge is -2.09. The van der Waals surface area contributed by atoms with Crippen LogP contribution in [0, 0.1) is 11.3 Å². The molecule has 0 spiro atoms. The SMILES string of the molecule is CSc1ncc(Cl)c(C(=O)C(C#N)c2nc3ccccc3c(=O)[nH]2)n1. The van der Waals surface area contributed by atoms with E-state index in [-0.39, 0.29) is 16.5 Å². The Morgan fingerprint density at radius 1 is 1.36 bits per heavy atom. The summed E-state index contributed by atoms with van der Waals surface area (Å²) < 4.78 is 0. The summed E-state index contributed by atoms with van der Waals surface area (Å²) >= 11 is 7.25. The third-order valence-electron chi connectivity index (χ3n) is 3.43. The zero-order valence-corrected chi connectivity index (χ0v) is 14.4. The Kier molecular flexibility index (Phi) is 4.79. The molecule has 1 N–H and O–H groups in total. The average molecular weight is 372 g/mol. The monoisotopic (exact) mass is 371 g/mol. The zero-order chi connectivity index (χ0) is 18.0. The van der Waals surface area contributed by atoms with Crippen LogP contribution in [0.15, 0.2) is 40.4 Å².